The maximum absolute atomic E-state index is 8.95. The molecular weight excluding hydrogens is 354 g/mol. The average molecular weight is 392 g/mol. The van der Waals surface area contributed by atoms with Gasteiger partial charge in [0.15, 0.2) is 0 Å². The Morgan fingerprint density at radius 2 is 1.39 bits per heavy atom. The maximum atomic E-state index is 8.95. The van der Waals surface area contributed by atoms with Crippen LogP contribution in [0.4, 0.5) is 0 Å². The highest BCUT2D eigenvalue weighted by molar-refractivity contribution is 5.84. The average Bonchev–Trinajstić information content (AvgIpc) is 2.74. The molecule has 5 heteroatoms. The number of hydrogen-bond donors (Lipinski definition) is 1. The topological polar surface area (TPSA) is 60.3 Å². The van der Waals surface area contributed by atoms with E-state index in [0.29, 0.717) is 11.8 Å². The van der Waals surface area contributed by atoms with Gasteiger partial charge in [-0.3, -0.25) is 0 Å². The molecule has 0 radical (unpaired) electrons. The molecule has 0 aromatic rings. The molecular formula is C23H37NO4. The Kier molecular flexibility index (Phi) is 5.44. The van der Waals surface area contributed by atoms with Gasteiger partial charge < -0.3 is 9.94 Å². The standard InChI is InChI=1S/C23H37NO4/c1-26-23(19-11-15-10-16(13-19)14-20(23)12-15)28-27-22-8-4-18(5-9-22)17-2-6-21(24-25)7-3-17/h15-20,22,25H,2-14H2,1H3/t15?,16?,17?,18-,19?,20?,22+,23?. The third-order valence-electron chi connectivity index (χ3n) is 9.04. The van der Waals surface area contributed by atoms with Crippen molar-refractivity contribution in [3.05, 3.63) is 0 Å². The summed E-state index contributed by atoms with van der Waals surface area (Å²) in [6.45, 7) is 0. The molecule has 0 aromatic heterocycles. The summed E-state index contributed by atoms with van der Waals surface area (Å²) >= 11 is 0. The van der Waals surface area contributed by atoms with Gasteiger partial charge in [0.1, 0.15) is 0 Å². The fraction of sp³-hybridized carbons (Fsp3) is 0.957. The van der Waals surface area contributed by atoms with Gasteiger partial charge in [0.25, 0.3) is 0 Å². The van der Waals surface area contributed by atoms with Crippen LogP contribution in [0.5, 0.6) is 0 Å². The number of hydrogen-bond acceptors (Lipinski definition) is 5. The quantitative estimate of drug-likeness (QED) is 0.298. The van der Waals surface area contributed by atoms with E-state index in [4.69, 9.17) is 19.7 Å². The number of rotatable bonds is 5. The van der Waals surface area contributed by atoms with Crippen LogP contribution in [-0.4, -0.2) is 29.9 Å². The van der Waals surface area contributed by atoms with Gasteiger partial charge >= 0.3 is 0 Å². The zero-order chi connectivity index (χ0) is 19.1. The normalized spacial score (nSPS) is 48.0. The van der Waals surface area contributed by atoms with Crippen molar-refractivity contribution in [2.75, 3.05) is 7.11 Å². The van der Waals surface area contributed by atoms with Crippen LogP contribution >= 0.6 is 0 Å². The fourth-order valence-corrected chi connectivity index (χ4v) is 7.69. The first-order valence-electron chi connectivity index (χ1n) is 11.8. The number of methoxy groups -OCH3 is 1. The Morgan fingerprint density at radius 3 is 1.93 bits per heavy atom. The van der Waals surface area contributed by atoms with Crippen LogP contribution in [0.25, 0.3) is 0 Å². The zero-order valence-electron chi connectivity index (χ0n) is 17.4. The third kappa shape index (κ3) is 3.41. The number of oxime groups is 1. The molecule has 6 fully saturated rings. The summed E-state index contributed by atoms with van der Waals surface area (Å²) in [5.41, 5.74) is 0.988. The smallest absolute Gasteiger partial charge is 0.207 e. The van der Waals surface area contributed by atoms with Crippen molar-refractivity contribution < 1.29 is 19.7 Å². The Hall–Kier alpha value is -0.650. The minimum Gasteiger partial charge on any atom is -0.411 e. The molecule has 0 unspecified atom stereocenters. The van der Waals surface area contributed by atoms with Crippen molar-refractivity contribution in [1.29, 1.82) is 0 Å². The lowest BCUT2D eigenvalue weighted by Crippen LogP contribution is -2.60. The molecule has 28 heavy (non-hydrogen) atoms. The number of ether oxygens (including phenoxy) is 1. The second-order valence-corrected chi connectivity index (χ2v) is 10.4. The summed E-state index contributed by atoms with van der Waals surface area (Å²) in [6, 6.07) is 0. The van der Waals surface area contributed by atoms with Crippen LogP contribution in [0, 0.1) is 35.5 Å². The van der Waals surface area contributed by atoms with Crippen molar-refractivity contribution >= 4 is 5.71 Å². The molecule has 6 aliphatic carbocycles. The Morgan fingerprint density at radius 1 is 0.821 bits per heavy atom. The SMILES string of the molecule is COC1(OO[C@H]2CC[C@@H](C3CCC(=NO)CC3)CC2)C2CC3CC(C2)CC1C3. The molecule has 0 saturated heterocycles. The van der Waals surface area contributed by atoms with E-state index < -0.39 is 5.79 Å². The largest absolute Gasteiger partial charge is 0.411 e. The summed E-state index contributed by atoms with van der Waals surface area (Å²) in [5, 5.41) is 12.4. The minimum atomic E-state index is -0.479. The Balaban J connectivity index is 1.12. The van der Waals surface area contributed by atoms with Gasteiger partial charge in [0, 0.05) is 18.9 Å². The molecule has 4 bridgehead atoms. The van der Waals surface area contributed by atoms with Gasteiger partial charge in [-0.25, -0.2) is 9.78 Å². The highest BCUT2D eigenvalue weighted by Crippen LogP contribution is 2.60. The first kappa shape index (κ1) is 19.3. The summed E-state index contributed by atoms with van der Waals surface area (Å²) in [5.74, 6) is 3.96. The molecule has 0 aliphatic heterocycles. The third-order valence-corrected chi connectivity index (χ3v) is 9.04. The predicted octanol–water partition coefficient (Wildman–Crippen LogP) is 5.31. The first-order chi connectivity index (χ1) is 13.7. The maximum Gasteiger partial charge on any atom is 0.207 e. The molecule has 0 spiro atoms. The lowest BCUT2D eigenvalue weighted by Gasteiger charge is -2.58. The van der Waals surface area contributed by atoms with E-state index in [1.54, 1.807) is 0 Å². The van der Waals surface area contributed by atoms with Gasteiger partial charge in [-0.2, -0.15) is 0 Å². The number of nitrogens with zero attached hydrogens (tertiary/aromatic N) is 1. The second-order valence-electron chi connectivity index (χ2n) is 10.4. The van der Waals surface area contributed by atoms with E-state index in [0.717, 1.165) is 55.1 Å². The second kappa shape index (κ2) is 7.88. The van der Waals surface area contributed by atoms with E-state index >= 15 is 0 Å². The minimum absolute atomic E-state index is 0.221. The molecule has 1 N–H and O–H groups in total. The molecule has 6 aliphatic rings. The van der Waals surface area contributed by atoms with Crippen LogP contribution in [0.1, 0.15) is 83.5 Å². The summed E-state index contributed by atoms with van der Waals surface area (Å²) in [4.78, 5) is 12.3. The fourth-order valence-electron chi connectivity index (χ4n) is 7.69. The van der Waals surface area contributed by atoms with E-state index in [1.807, 2.05) is 7.11 Å². The molecule has 5 nitrogen and oxygen atoms in total. The van der Waals surface area contributed by atoms with E-state index in [1.165, 1.54) is 57.8 Å². The Bertz CT molecular complexity index is 545. The molecule has 6 rings (SSSR count). The Labute approximate surface area is 169 Å². The summed E-state index contributed by atoms with van der Waals surface area (Å²) < 4.78 is 6.06. The summed E-state index contributed by atoms with van der Waals surface area (Å²) in [7, 11) is 1.83. The van der Waals surface area contributed by atoms with Crippen LogP contribution in [-0.2, 0) is 14.5 Å². The van der Waals surface area contributed by atoms with Crippen molar-refractivity contribution in [3.8, 4) is 0 Å². The van der Waals surface area contributed by atoms with Gasteiger partial charge in [-0.05, 0) is 107 Å². The van der Waals surface area contributed by atoms with Crippen molar-refractivity contribution in [2.24, 2.45) is 40.7 Å². The lowest BCUT2D eigenvalue weighted by atomic mass is 9.53. The van der Waals surface area contributed by atoms with E-state index in [-0.39, 0.29) is 6.10 Å². The first-order valence-corrected chi connectivity index (χ1v) is 11.8. The van der Waals surface area contributed by atoms with Crippen molar-refractivity contribution in [3.63, 3.8) is 0 Å². The van der Waals surface area contributed by atoms with E-state index in [2.05, 4.69) is 5.16 Å². The van der Waals surface area contributed by atoms with E-state index in [9.17, 15) is 0 Å². The van der Waals surface area contributed by atoms with Crippen LogP contribution < -0.4 is 0 Å². The van der Waals surface area contributed by atoms with Crippen molar-refractivity contribution in [1.82, 2.24) is 0 Å². The van der Waals surface area contributed by atoms with Gasteiger partial charge in [-0.1, -0.05) is 5.16 Å². The highest BCUT2D eigenvalue weighted by Gasteiger charge is 2.60. The predicted molar refractivity (Wildman–Crippen MR) is 106 cm³/mol. The van der Waals surface area contributed by atoms with Crippen LogP contribution in [0.3, 0.4) is 0 Å². The van der Waals surface area contributed by atoms with Crippen LogP contribution in [0.2, 0.25) is 0 Å². The monoisotopic (exact) mass is 391 g/mol. The molecule has 0 aromatic carbocycles. The highest BCUT2D eigenvalue weighted by atomic mass is 17.2. The zero-order valence-corrected chi connectivity index (χ0v) is 17.4. The summed E-state index contributed by atoms with van der Waals surface area (Å²) in [6.07, 6.45) is 15.7. The van der Waals surface area contributed by atoms with Crippen molar-refractivity contribution in [2.45, 2.75) is 95.4 Å². The van der Waals surface area contributed by atoms with Gasteiger partial charge in [-0.15, -0.1) is 0 Å². The molecule has 0 amide bonds. The van der Waals surface area contributed by atoms with Gasteiger partial charge in [0.05, 0.1) is 11.8 Å². The lowest BCUT2D eigenvalue weighted by molar-refractivity contribution is -0.486. The van der Waals surface area contributed by atoms with Crippen LogP contribution in [0.15, 0.2) is 5.16 Å². The molecule has 158 valence electrons. The van der Waals surface area contributed by atoms with Gasteiger partial charge in [0.2, 0.25) is 5.79 Å². The molecule has 0 atom stereocenters. The molecule has 6 saturated carbocycles. The molecule has 0 heterocycles.